The molecule has 0 fully saturated rings. The van der Waals surface area contributed by atoms with E-state index in [4.69, 9.17) is 4.42 Å². The lowest BCUT2D eigenvalue weighted by atomic mass is 10.3. The van der Waals surface area contributed by atoms with Gasteiger partial charge in [-0.1, -0.05) is 23.9 Å². The van der Waals surface area contributed by atoms with Crippen molar-refractivity contribution in [1.82, 2.24) is 15.4 Å². The Morgan fingerprint density at radius 1 is 1.35 bits per heavy atom. The highest BCUT2D eigenvalue weighted by Crippen LogP contribution is 2.18. The zero-order chi connectivity index (χ0) is 15.9. The molecule has 1 aromatic carbocycles. The van der Waals surface area contributed by atoms with Gasteiger partial charge in [0.1, 0.15) is 5.76 Å². The van der Waals surface area contributed by atoms with Crippen LogP contribution in [0.4, 0.5) is 0 Å². The number of H-pyrrole nitrogens is 1. The number of fused-ring (bicyclic) bond motifs is 1. The Morgan fingerprint density at radius 2 is 2.26 bits per heavy atom. The van der Waals surface area contributed by atoms with Crippen LogP contribution in [-0.2, 0) is 4.79 Å². The predicted molar refractivity (Wildman–Crippen MR) is 91.2 cm³/mol. The average Bonchev–Trinajstić information content (AvgIpc) is 3.21. The lowest BCUT2D eigenvalue weighted by molar-refractivity contribution is -0.118. The van der Waals surface area contributed by atoms with E-state index < -0.39 is 0 Å². The number of thioether (sulfide) groups is 1. The Balaban J connectivity index is 1.44. The van der Waals surface area contributed by atoms with Crippen molar-refractivity contribution < 1.29 is 9.21 Å². The number of hydrogen-bond donors (Lipinski definition) is 2. The lowest BCUT2D eigenvalue weighted by Crippen LogP contribution is -2.19. The maximum Gasteiger partial charge on any atom is 0.250 e. The highest BCUT2D eigenvalue weighted by Gasteiger charge is 2.05. The van der Waals surface area contributed by atoms with Crippen molar-refractivity contribution in [3.8, 4) is 0 Å². The van der Waals surface area contributed by atoms with E-state index in [0.29, 0.717) is 5.16 Å². The molecular formula is C16H14N4O2S. The van der Waals surface area contributed by atoms with E-state index in [1.807, 2.05) is 30.3 Å². The van der Waals surface area contributed by atoms with Gasteiger partial charge in [-0.15, -0.1) is 0 Å². The fourth-order valence-corrected chi connectivity index (χ4v) is 2.52. The number of hydrogen-bond acceptors (Lipinski definition) is 5. The van der Waals surface area contributed by atoms with Gasteiger partial charge in [0.25, 0.3) is 5.91 Å². The normalized spacial score (nSPS) is 11.7. The molecule has 2 heterocycles. The number of nitrogens with one attached hydrogen (secondary N) is 2. The molecule has 0 aliphatic heterocycles. The van der Waals surface area contributed by atoms with Crippen LogP contribution >= 0.6 is 11.8 Å². The van der Waals surface area contributed by atoms with E-state index in [2.05, 4.69) is 20.5 Å². The van der Waals surface area contributed by atoms with E-state index in [1.54, 1.807) is 24.5 Å². The van der Waals surface area contributed by atoms with Gasteiger partial charge < -0.3 is 9.40 Å². The summed E-state index contributed by atoms with van der Waals surface area (Å²) in [6, 6.07) is 11.4. The minimum atomic E-state index is -0.196. The number of aromatic nitrogens is 2. The van der Waals surface area contributed by atoms with Gasteiger partial charge in [-0.25, -0.2) is 10.4 Å². The first-order valence-electron chi connectivity index (χ1n) is 6.91. The molecule has 3 aromatic rings. The molecule has 2 N–H and O–H groups in total. The highest BCUT2D eigenvalue weighted by molar-refractivity contribution is 7.99. The van der Waals surface area contributed by atoms with E-state index in [0.717, 1.165) is 16.8 Å². The average molecular weight is 326 g/mol. The van der Waals surface area contributed by atoms with Crippen molar-refractivity contribution in [2.24, 2.45) is 5.10 Å². The minimum Gasteiger partial charge on any atom is -0.465 e. The number of furan rings is 1. The van der Waals surface area contributed by atoms with Crippen LogP contribution in [0, 0.1) is 0 Å². The summed E-state index contributed by atoms with van der Waals surface area (Å²) in [4.78, 5) is 19.2. The Kier molecular flexibility index (Phi) is 4.90. The standard InChI is InChI=1S/C16H14N4O2S/c21-15(20-17-9-3-5-12-6-4-10-22-12)11-23-16-18-13-7-1-2-8-14(13)19-16/h1-10H,11H2,(H,18,19)(H,20,21)/b5-3?,17-9-. The molecule has 0 bridgehead atoms. The van der Waals surface area contributed by atoms with E-state index >= 15 is 0 Å². The molecule has 23 heavy (non-hydrogen) atoms. The van der Waals surface area contributed by atoms with Crippen LogP contribution in [0.5, 0.6) is 0 Å². The Labute approximate surface area is 136 Å². The largest absolute Gasteiger partial charge is 0.465 e. The smallest absolute Gasteiger partial charge is 0.250 e. The van der Waals surface area contributed by atoms with Crippen molar-refractivity contribution in [3.63, 3.8) is 0 Å². The molecule has 0 spiro atoms. The van der Waals surface area contributed by atoms with Crippen molar-refractivity contribution in [1.29, 1.82) is 0 Å². The number of nitrogens with zero attached hydrogens (tertiary/aromatic N) is 2. The summed E-state index contributed by atoms with van der Waals surface area (Å²) in [7, 11) is 0. The molecule has 0 saturated carbocycles. The van der Waals surface area contributed by atoms with Crippen LogP contribution in [0.1, 0.15) is 5.76 Å². The number of allylic oxidation sites excluding steroid dienone is 1. The van der Waals surface area contributed by atoms with E-state index in [-0.39, 0.29) is 11.7 Å². The molecule has 0 radical (unpaired) electrons. The summed E-state index contributed by atoms with van der Waals surface area (Å²) >= 11 is 1.33. The van der Waals surface area contributed by atoms with Crippen LogP contribution in [0.2, 0.25) is 0 Å². The van der Waals surface area contributed by atoms with Crippen LogP contribution in [0.15, 0.2) is 63.4 Å². The first kappa shape index (κ1) is 15.1. The van der Waals surface area contributed by atoms with Crippen LogP contribution in [0.25, 0.3) is 17.1 Å². The van der Waals surface area contributed by atoms with Crippen LogP contribution in [0.3, 0.4) is 0 Å². The summed E-state index contributed by atoms with van der Waals surface area (Å²) in [5, 5.41) is 4.54. The number of rotatable bonds is 6. The molecular weight excluding hydrogens is 312 g/mol. The third-order valence-electron chi connectivity index (χ3n) is 2.86. The predicted octanol–water partition coefficient (Wildman–Crippen LogP) is 3.06. The van der Waals surface area contributed by atoms with Crippen molar-refractivity contribution in [2.45, 2.75) is 5.16 Å². The van der Waals surface area contributed by atoms with Gasteiger partial charge in [-0.3, -0.25) is 4.79 Å². The first-order valence-corrected chi connectivity index (χ1v) is 7.89. The summed E-state index contributed by atoms with van der Waals surface area (Å²) in [5.74, 6) is 0.764. The molecule has 0 unspecified atom stereocenters. The fraction of sp³-hybridized carbons (Fsp3) is 0.0625. The van der Waals surface area contributed by atoms with Gasteiger partial charge in [0, 0.05) is 6.21 Å². The molecule has 0 aliphatic rings. The quantitative estimate of drug-likeness (QED) is 0.414. The van der Waals surface area contributed by atoms with E-state index in [1.165, 1.54) is 18.0 Å². The Morgan fingerprint density at radius 3 is 3.09 bits per heavy atom. The van der Waals surface area contributed by atoms with E-state index in [9.17, 15) is 4.79 Å². The number of amides is 1. The SMILES string of the molecule is O=C(CSc1nc2ccccc2[nH]1)N/N=C\C=Cc1ccco1. The zero-order valence-electron chi connectivity index (χ0n) is 12.1. The molecule has 7 heteroatoms. The molecule has 3 rings (SSSR count). The third kappa shape index (κ3) is 4.33. The maximum absolute atomic E-state index is 11.7. The molecule has 2 aromatic heterocycles. The number of para-hydroxylation sites is 2. The van der Waals surface area contributed by atoms with Gasteiger partial charge in [-0.2, -0.15) is 5.10 Å². The van der Waals surface area contributed by atoms with Gasteiger partial charge in [0.05, 0.1) is 23.0 Å². The lowest BCUT2D eigenvalue weighted by Gasteiger charge is -1.96. The van der Waals surface area contributed by atoms with Gasteiger partial charge in [-0.05, 0) is 36.4 Å². The number of carbonyl (C=O) groups excluding carboxylic acids is 1. The Hall–Kier alpha value is -2.80. The van der Waals surface area contributed by atoms with Gasteiger partial charge in [0.15, 0.2) is 5.16 Å². The molecule has 116 valence electrons. The summed E-state index contributed by atoms with van der Waals surface area (Å²) in [6.45, 7) is 0. The molecule has 0 atom stereocenters. The number of carbonyl (C=O) groups is 1. The number of aromatic amines is 1. The molecule has 0 saturated heterocycles. The van der Waals surface area contributed by atoms with Crippen LogP contribution < -0.4 is 5.43 Å². The number of benzene rings is 1. The second-order valence-corrected chi connectivity index (χ2v) is 5.50. The number of hydrazone groups is 1. The highest BCUT2D eigenvalue weighted by atomic mass is 32.2. The molecule has 0 aliphatic carbocycles. The summed E-state index contributed by atoms with van der Waals surface area (Å²) < 4.78 is 5.12. The second kappa shape index (κ2) is 7.46. The van der Waals surface area contributed by atoms with Crippen LogP contribution in [-0.4, -0.2) is 27.8 Å². The summed E-state index contributed by atoms with van der Waals surface area (Å²) in [5.41, 5.74) is 4.29. The summed E-state index contributed by atoms with van der Waals surface area (Å²) in [6.07, 6.45) is 6.52. The van der Waals surface area contributed by atoms with Crippen molar-refractivity contribution in [2.75, 3.05) is 5.75 Å². The third-order valence-corrected chi connectivity index (χ3v) is 3.73. The van der Waals surface area contributed by atoms with Crippen molar-refractivity contribution >= 4 is 41.0 Å². The molecule has 1 amide bonds. The van der Waals surface area contributed by atoms with Crippen molar-refractivity contribution in [3.05, 3.63) is 54.5 Å². The zero-order valence-corrected chi connectivity index (χ0v) is 12.9. The number of imidazole rings is 1. The second-order valence-electron chi connectivity index (χ2n) is 4.54. The van der Waals surface area contributed by atoms with Gasteiger partial charge in [0.2, 0.25) is 0 Å². The minimum absolute atomic E-state index is 0.196. The first-order chi connectivity index (χ1) is 11.3. The van der Waals surface area contributed by atoms with Gasteiger partial charge >= 0.3 is 0 Å². The maximum atomic E-state index is 11.7. The fourth-order valence-electron chi connectivity index (χ4n) is 1.84. The molecule has 6 nitrogen and oxygen atoms in total. The monoisotopic (exact) mass is 326 g/mol. The Bertz CT molecular complexity index is 804. The topological polar surface area (TPSA) is 83.3 Å².